The summed E-state index contributed by atoms with van der Waals surface area (Å²) in [5, 5.41) is 8.10. The fraction of sp³-hybridized carbons (Fsp3) is 0.455. The molecular weight excluding hydrogens is 332 g/mol. The van der Waals surface area contributed by atoms with Gasteiger partial charge >= 0.3 is 0 Å². The van der Waals surface area contributed by atoms with E-state index in [9.17, 15) is 12.8 Å². The monoisotopic (exact) mass is 345 g/mol. The summed E-state index contributed by atoms with van der Waals surface area (Å²) in [6, 6.07) is 2.24. The summed E-state index contributed by atoms with van der Waals surface area (Å²) in [6.07, 6.45) is 0. The quantitative estimate of drug-likeness (QED) is 0.764. The number of benzene rings is 1. The molecule has 0 atom stereocenters. The van der Waals surface area contributed by atoms with Gasteiger partial charge in [-0.1, -0.05) is 23.2 Å². The molecular formula is C11H14Cl2FNO4S. The van der Waals surface area contributed by atoms with Gasteiger partial charge in [0.05, 0.1) is 23.3 Å². The number of methoxy groups -OCH3 is 1. The zero-order chi connectivity index (χ0) is 15.3. The second kappa shape index (κ2) is 7.53. The van der Waals surface area contributed by atoms with Crippen LogP contribution in [0, 0.1) is 5.82 Å². The van der Waals surface area contributed by atoms with E-state index in [1.54, 1.807) is 0 Å². The number of hydrogen-bond acceptors (Lipinski definition) is 4. The van der Waals surface area contributed by atoms with Gasteiger partial charge in [-0.2, -0.15) is 4.31 Å². The fourth-order valence-corrected chi connectivity index (χ4v) is 3.64. The molecule has 1 rings (SSSR count). The predicted molar refractivity (Wildman–Crippen MR) is 74.1 cm³/mol. The summed E-state index contributed by atoms with van der Waals surface area (Å²) in [4.78, 5) is -0.398. The van der Waals surface area contributed by atoms with Gasteiger partial charge in [0.15, 0.2) is 5.82 Å². The number of sulfonamides is 1. The first-order chi connectivity index (χ1) is 9.36. The molecule has 20 heavy (non-hydrogen) atoms. The number of rotatable bonds is 7. The zero-order valence-electron chi connectivity index (χ0n) is 10.6. The van der Waals surface area contributed by atoms with Crippen molar-refractivity contribution in [1.82, 2.24) is 4.31 Å². The predicted octanol–water partition coefficient (Wildman–Crippen LogP) is 1.76. The van der Waals surface area contributed by atoms with Crippen LogP contribution in [0.25, 0.3) is 0 Å². The Hall–Kier alpha value is -0.440. The molecule has 0 bridgehead atoms. The molecule has 0 saturated heterocycles. The second-order valence-corrected chi connectivity index (χ2v) is 6.49. The molecule has 0 aromatic heterocycles. The van der Waals surface area contributed by atoms with Crippen molar-refractivity contribution >= 4 is 33.2 Å². The van der Waals surface area contributed by atoms with Gasteiger partial charge in [-0.3, -0.25) is 0 Å². The number of aliphatic hydroxyl groups is 1. The number of halogens is 3. The molecule has 0 aliphatic rings. The summed E-state index contributed by atoms with van der Waals surface area (Å²) in [5.41, 5.74) is 0. The van der Waals surface area contributed by atoms with E-state index >= 15 is 0 Å². The maximum Gasteiger partial charge on any atom is 0.244 e. The van der Waals surface area contributed by atoms with Crippen molar-refractivity contribution in [3.8, 4) is 0 Å². The lowest BCUT2D eigenvalue weighted by Crippen LogP contribution is -2.36. The molecule has 114 valence electrons. The first-order valence-electron chi connectivity index (χ1n) is 5.59. The van der Waals surface area contributed by atoms with E-state index in [1.807, 2.05) is 0 Å². The zero-order valence-corrected chi connectivity index (χ0v) is 13.0. The van der Waals surface area contributed by atoms with Crippen LogP contribution in [0.3, 0.4) is 0 Å². The van der Waals surface area contributed by atoms with Crippen molar-refractivity contribution in [2.45, 2.75) is 4.90 Å². The smallest absolute Gasteiger partial charge is 0.244 e. The molecule has 1 N–H and O–H groups in total. The van der Waals surface area contributed by atoms with Crippen LogP contribution in [0.5, 0.6) is 0 Å². The van der Waals surface area contributed by atoms with Crippen LogP contribution in [-0.2, 0) is 14.8 Å². The minimum absolute atomic E-state index is 0.0139. The summed E-state index contributed by atoms with van der Waals surface area (Å²) >= 11 is 11.2. The van der Waals surface area contributed by atoms with E-state index in [0.717, 1.165) is 16.4 Å². The molecule has 0 spiro atoms. The van der Waals surface area contributed by atoms with Crippen molar-refractivity contribution < 1.29 is 22.7 Å². The third kappa shape index (κ3) is 3.81. The largest absolute Gasteiger partial charge is 0.395 e. The van der Waals surface area contributed by atoms with Crippen LogP contribution in [0.1, 0.15) is 0 Å². The summed E-state index contributed by atoms with van der Waals surface area (Å²) < 4.78 is 44.1. The number of hydrogen-bond donors (Lipinski definition) is 1. The van der Waals surface area contributed by atoms with Crippen LogP contribution < -0.4 is 0 Å². The average molecular weight is 346 g/mol. The van der Waals surface area contributed by atoms with Crippen LogP contribution in [0.2, 0.25) is 10.0 Å². The SMILES string of the molecule is COCCN(CCO)S(=O)(=O)c1ccc(Cl)c(F)c1Cl. The average Bonchev–Trinajstić information content (AvgIpc) is 2.40. The van der Waals surface area contributed by atoms with Crippen molar-refractivity contribution in [3.63, 3.8) is 0 Å². The molecule has 9 heteroatoms. The van der Waals surface area contributed by atoms with E-state index < -0.39 is 25.8 Å². The van der Waals surface area contributed by atoms with Crippen molar-refractivity contribution in [3.05, 3.63) is 28.0 Å². The second-order valence-electron chi connectivity index (χ2n) is 3.79. The molecule has 0 aliphatic heterocycles. The molecule has 0 radical (unpaired) electrons. The minimum atomic E-state index is -4.04. The van der Waals surface area contributed by atoms with Gasteiger partial charge in [0, 0.05) is 20.2 Å². The summed E-state index contributed by atoms with van der Waals surface area (Å²) in [5.74, 6) is -0.995. The third-order valence-corrected chi connectivity index (χ3v) is 5.23. The van der Waals surface area contributed by atoms with E-state index in [-0.39, 0.29) is 31.3 Å². The normalized spacial score (nSPS) is 12.1. The molecule has 5 nitrogen and oxygen atoms in total. The Balaban J connectivity index is 3.22. The van der Waals surface area contributed by atoms with Crippen molar-refractivity contribution in [2.75, 3.05) is 33.4 Å². The highest BCUT2D eigenvalue weighted by Crippen LogP contribution is 2.31. The Morgan fingerprint density at radius 1 is 1.35 bits per heavy atom. The highest BCUT2D eigenvalue weighted by Gasteiger charge is 2.28. The van der Waals surface area contributed by atoms with Crippen molar-refractivity contribution in [2.24, 2.45) is 0 Å². The van der Waals surface area contributed by atoms with Crippen molar-refractivity contribution in [1.29, 1.82) is 0 Å². The maximum atomic E-state index is 13.6. The van der Waals surface area contributed by atoms with Gasteiger partial charge in [0.2, 0.25) is 10.0 Å². The Kier molecular flexibility index (Phi) is 6.63. The maximum absolute atomic E-state index is 13.6. The Labute approximate surface area is 126 Å². The van der Waals surface area contributed by atoms with Crippen LogP contribution in [0.15, 0.2) is 17.0 Å². The molecule has 1 aromatic rings. The third-order valence-electron chi connectivity index (χ3n) is 2.51. The lowest BCUT2D eigenvalue weighted by Gasteiger charge is -2.21. The van der Waals surface area contributed by atoms with Gasteiger partial charge in [-0.15, -0.1) is 0 Å². The molecule has 0 aliphatic carbocycles. The minimum Gasteiger partial charge on any atom is -0.395 e. The molecule has 0 saturated carbocycles. The Morgan fingerprint density at radius 3 is 2.55 bits per heavy atom. The van der Waals surface area contributed by atoms with Crippen LogP contribution in [0.4, 0.5) is 4.39 Å². The molecule has 0 heterocycles. The first kappa shape index (κ1) is 17.6. The molecule has 1 aromatic carbocycles. The Morgan fingerprint density at radius 2 is 2.00 bits per heavy atom. The molecule has 0 fully saturated rings. The molecule has 0 unspecified atom stereocenters. The Bertz CT molecular complexity index is 568. The number of ether oxygens (including phenoxy) is 1. The van der Waals surface area contributed by atoms with E-state index in [1.165, 1.54) is 7.11 Å². The van der Waals surface area contributed by atoms with Crippen LogP contribution >= 0.6 is 23.2 Å². The standard InChI is InChI=1S/C11H14Cl2FNO4S/c1-19-7-5-15(4-6-16)20(17,18)9-3-2-8(12)11(14)10(9)13/h2-3,16H,4-7H2,1H3. The summed E-state index contributed by atoms with van der Waals surface area (Å²) in [7, 11) is -2.63. The highest BCUT2D eigenvalue weighted by atomic mass is 35.5. The lowest BCUT2D eigenvalue weighted by molar-refractivity contribution is 0.168. The molecule has 0 amide bonds. The fourth-order valence-electron chi connectivity index (χ4n) is 1.50. The van der Waals surface area contributed by atoms with Crippen LogP contribution in [-0.4, -0.2) is 51.2 Å². The van der Waals surface area contributed by atoms with Gasteiger partial charge in [0.25, 0.3) is 0 Å². The van der Waals surface area contributed by atoms with E-state index in [4.69, 9.17) is 33.0 Å². The van der Waals surface area contributed by atoms with Gasteiger partial charge in [-0.05, 0) is 12.1 Å². The van der Waals surface area contributed by atoms with Gasteiger partial charge in [-0.25, -0.2) is 12.8 Å². The van der Waals surface area contributed by atoms with E-state index in [0.29, 0.717) is 0 Å². The van der Waals surface area contributed by atoms with Gasteiger partial charge < -0.3 is 9.84 Å². The summed E-state index contributed by atoms with van der Waals surface area (Å²) in [6.45, 7) is -0.379. The topological polar surface area (TPSA) is 66.8 Å². The number of aliphatic hydroxyl groups excluding tert-OH is 1. The van der Waals surface area contributed by atoms with Gasteiger partial charge in [0.1, 0.15) is 4.90 Å². The first-order valence-corrected chi connectivity index (χ1v) is 7.79. The number of nitrogens with zero attached hydrogens (tertiary/aromatic N) is 1. The lowest BCUT2D eigenvalue weighted by atomic mass is 10.3. The van der Waals surface area contributed by atoms with E-state index in [2.05, 4.69) is 0 Å². The highest BCUT2D eigenvalue weighted by molar-refractivity contribution is 7.89.